The van der Waals surface area contributed by atoms with Crippen LogP contribution < -0.4 is 4.72 Å². The Balaban J connectivity index is 1.18. The van der Waals surface area contributed by atoms with Gasteiger partial charge in [0.2, 0.25) is 0 Å². The molecule has 1 atom stereocenters. The fraction of sp³-hybridized carbons (Fsp3) is 0.222. The van der Waals surface area contributed by atoms with Gasteiger partial charge in [0.15, 0.2) is 0 Å². The number of nitrogens with zero attached hydrogens (tertiary/aromatic N) is 3. The number of benzene rings is 2. The van der Waals surface area contributed by atoms with E-state index < -0.39 is 28.0 Å². The lowest BCUT2D eigenvalue weighted by Crippen LogP contribution is -2.51. The Labute approximate surface area is 219 Å². The van der Waals surface area contributed by atoms with Crippen LogP contribution in [-0.4, -0.2) is 67.5 Å². The van der Waals surface area contributed by atoms with Gasteiger partial charge in [0, 0.05) is 55.4 Å². The van der Waals surface area contributed by atoms with Gasteiger partial charge in [-0.2, -0.15) is 0 Å². The van der Waals surface area contributed by atoms with E-state index in [1.807, 2.05) is 0 Å². The number of sulfonamides is 1. The van der Waals surface area contributed by atoms with E-state index in [4.69, 9.17) is 4.74 Å². The Bertz CT molecular complexity index is 1530. The molecule has 2 heterocycles. The van der Waals surface area contributed by atoms with E-state index in [-0.39, 0.29) is 23.9 Å². The van der Waals surface area contributed by atoms with E-state index in [1.165, 1.54) is 41.4 Å². The molecule has 1 aliphatic carbocycles. The summed E-state index contributed by atoms with van der Waals surface area (Å²) in [5.41, 5.74) is 1.08. The smallest absolute Gasteiger partial charge is 0.410 e. The standard InChI is InChI=1S/C27H25FN4O5S/c28-21-6-2-7-23(18-21)37-27(34)32-16-14-31(15-17-32)26(33)20-9-11-22(12-10-20)30-38(35,36)24-8-1-4-19-5-3-13-29-25(19)24/h1-6,8-13,18,23,30H,7,14-17H2. The molecule has 9 nitrogen and oxygen atoms in total. The molecule has 0 spiro atoms. The van der Waals surface area contributed by atoms with Crippen LogP contribution >= 0.6 is 0 Å². The molecule has 1 aromatic heterocycles. The van der Waals surface area contributed by atoms with Crippen LogP contribution in [0.3, 0.4) is 0 Å². The average Bonchev–Trinajstić information content (AvgIpc) is 2.92. The van der Waals surface area contributed by atoms with Crippen LogP contribution in [0, 0.1) is 0 Å². The normalized spacial score (nSPS) is 17.7. The van der Waals surface area contributed by atoms with Crippen LogP contribution in [0.5, 0.6) is 0 Å². The van der Waals surface area contributed by atoms with Crippen LogP contribution in [0.15, 0.2) is 89.7 Å². The first kappa shape index (κ1) is 25.4. The highest BCUT2D eigenvalue weighted by Gasteiger charge is 2.27. The minimum atomic E-state index is -3.91. The zero-order valence-corrected chi connectivity index (χ0v) is 21.1. The molecule has 1 N–H and O–H groups in total. The van der Waals surface area contributed by atoms with Gasteiger partial charge in [-0.25, -0.2) is 17.6 Å². The van der Waals surface area contributed by atoms with Crippen LogP contribution in [0.2, 0.25) is 0 Å². The van der Waals surface area contributed by atoms with Crippen molar-refractivity contribution < 1.29 is 27.1 Å². The lowest BCUT2D eigenvalue weighted by atomic mass is 10.1. The van der Waals surface area contributed by atoms with Crippen molar-refractivity contribution in [2.24, 2.45) is 0 Å². The van der Waals surface area contributed by atoms with E-state index in [0.29, 0.717) is 41.7 Å². The number of piperazine rings is 1. The summed E-state index contributed by atoms with van der Waals surface area (Å²) in [6.45, 7) is 1.20. The van der Waals surface area contributed by atoms with Gasteiger partial charge < -0.3 is 14.5 Å². The molecule has 196 valence electrons. The number of rotatable bonds is 5. The van der Waals surface area contributed by atoms with Gasteiger partial charge in [0.05, 0.1) is 5.52 Å². The molecule has 0 radical (unpaired) electrons. The number of halogens is 1. The summed E-state index contributed by atoms with van der Waals surface area (Å²) in [5, 5.41) is 0.710. The third-order valence-electron chi connectivity index (χ3n) is 6.34. The lowest BCUT2D eigenvalue weighted by molar-refractivity contribution is 0.0490. The van der Waals surface area contributed by atoms with Crippen molar-refractivity contribution in [1.82, 2.24) is 14.8 Å². The quantitative estimate of drug-likeness (QED) is 0.526. The third-order valence-corrected chi connectivity index (χ3v) is 7.75. The zero-order chi connectivity index (χ0) is 26.7. The van der Waals surface area contributed by atoms with E-state index in [0.717, 1.165) is 0 Å². The van der Waals surface area contributed by atoms with Crippen molar-refractivity contribution in [1.29, 1.82) is 0 Å². The molecule has 1 aliphatic heterocycles. The van der Waals surface area contributed by atoms with E-state index in [1.54, 1.807) is 47.4 Å². The first-order valence-electron chi connectivity index (χ1n) is 12.1. The van der Waals surface area contributed by atoms with Crippen molar-refractivity contribution in [3.63, 3.8) is 0 Å². The second-order valence-electron chi connectivity index (χ2n) is 8.91. The van der Waals surface area contributed by atoms with Gasteiger partial charge in [-0.05, 0) is 48.6 Å². The number of hydrogen-bond acceptors (Lipinski definition) is 6. The first-order chi connectivity index (χ1) is 18.3. The SMILES string of the molecule is O=C(OC1C=C(F)C=CC1)N1CCN(C(=O)c2ccc(NS(=O)(=O)c3cccc4cccnc34)cc2)CC1. The van der Waals surface area contributed by atoms with Crippen LogP contribution in [-0.2, 0) is 14.8 Å². The minimum absolute atomic E-state index is 0.0632. The van der Waals surface area contributed by atoms with Gasteiger partial charge in [-0.3, -0.25) is 14.5 Å². The number of pyridine rings is 1. The van der Waals surface area contributed by atoms with Crippen molar-refractivity contribution in [2.45, 2.75) is 17.4 Å². The fourth-order valence-corrected chi connectivity index (χ4v) is 5.60. The maximum atomic E-state index is 13.4. The number of nitrogens with one attached hydrogen (secondary N) is 1. The van der Waals surface area contributed by atoms with E-state index in [9.17, 15) is 22.4 Å². The summed E-state index contributed by atoms with van der Waals surface area (Å²) in [4.78, 5) is 32.8. The molecule has 5 rings (SSSR count). The van der Waals surface area contributed by atoms with Crippen LogP contribution in [0.25, 0.3) is 10.9 Å². The number of carbonyl (C=O) groups is 2. The Morgan fingerprint density at radius 2 is 1.68 bits per heavy atom. The Morgan fingerprint density at radius 1 is 0.974 bits per heavy atom. The Kier molecular flexibility index (Phi) is 7.10. The fourth-order valence-electron chi connectivity index (χ4n) is 4.36. The molecule has 38 heavy (non-hydrogen) atoms. The van der Waals surface area contributed by atoms with Crippen molar-refractivity contribution in [2.75, 3.05) is 30.9 Å². The molecule has 0 saturated carbocycles. The molecule has 1 saturated heterocycles. The maximum Gasteiger partial charge on any atom is 0.410 e. The summed E-state index contributed by atoms with van der Waals surface area (Å²) in [7, 11) is -3.91. The molecule has 3 aromatic rings. The van der Waals surface area contributed by atoms with Crippen molar-refractivity contribution in [3.8, 4) is 0 Å². The van der Waals surface area contributed by atoms with Crippen LogP contribution in [0.1, 0.15) is 16.8 Å². The summed E-state index contributed by atoms with van der Waals surface area (Å²) < 4.78 is 47.3. The van der Waals surface area contributed by atoms with E-state index >= 15 is 0 Å². The molecular formula is C27H25FN4O5S. The number of para-hydroxylation sites is 1. The summed E-state index contributed by atoms with van der Waals surface area (Å²) in [5.74, 6) is -0.665. The summed E-state index contributed by atoms with van der Waals surface area (Å²) in [6.07, 6.45) is 4.99. The monoisotopic (exact) mass is 536 g/mol. The molecule has 1 unspecified atom stereocenters. The predicted molar refractivity (Wildman–Crippen MR) is 140 cm³/mol. The Morgan fingerprint density at radius 3 is 2.42 bits per heavy atom. The first-order valence-corrected chi connectivity index (χ1v) is 13.5. The highest BCUT2D eigenvalue weighted by Crippen LogP contribution is 2.24. The second kappa shape index (κ2) is 10.6. The number of carbonyl (C=O) groups excluding carboxylic acids is 2. The number of ether oxygens (including phenoxy) is 1. The molecule has 2 amide bonds. The molecule has 11 heteroatoms. The van der Waals surface area contributed by atoms with Gasteiger partial charge in [0.25, 0.3) is 15.9 Å². The largest absolute Gasteiger partial charge is 0.441 e. The molecular weight excluding hydrogens is 511 g/mol. The second-order valence-corrected chi connectivity index (χ2v) is 10.6. The Hall–Kier alpha value is -4.25. The molecule has 2 aromatic carbocycles. The number of aromatic nitrogens is 1. The van der Waals surface area contributed by atoms with Gasteiger partial charge in [-0.15, -0.1) is 0 Å². The summed E-state index contributed by atoms with van der Waals surface area (Å²) in [6, 6.07) is 14.6. The number of allylic oxidation sites excluding steroid dienone is 2. The topological polar surface area (TPSA) is 109 Å². The van der Waals surface area contributed by atoms with Crippen molar-refractivity contribution >= 4 is 38.6 Å². The highest BCUT2D eigenvalue weighted by atomic mass is 32.2. The number of fused-ring (bicyclic) bond motifs is 1. The highest BCUT2D eigenvalue weighted by molar-refractivity contribution is 7.93. The van der Waals surface area contributed by atoms with Crippen LogP contribution in [0.4, 0.5) is 14.9 Å². The predicted octanol–water partition coefficient (Wildman–Crippen LogP) is 4.11. The molecule has 1 fully saturated rings. The van der Waals surface area contributed by atoms with Crippen molar-refractivity contribution in [3.05, 3.63) is 90.4 Å². The maximum absolute atomic E-state index is 13.4. The van der Waals surface area contributed by atoms with Gasteiger partial charge in [0.1, 0.15) is 16.8 Å². The minimum Gasteiger partial charge on any atom is -0.441 e. The summed E-state index contributed by atoms with van der Waals surface area (Å²) >= 11 is 0. The number of anilines is 1. The number of hydrogen-bond donors (Lipinski definition) is 1. The lowest BCUT2D eigenvalue weighted by Gasteiger charge is -2.34. The molecule has 2 aliphatic rings. The van der Waals surface area contributed by atoms with Gasteiger partial charge >= 0.3 is 6.09 Å². The number of amides is 2. The average molecular weight is 537 g/mol. The van der Waals surface area contributed by atoms with E-state index in [2.05, 4.69) is 9.71 Å². The van der Waals surface area contributed by atoms with Gasteiger partial charge in [-0.1, -0.05) is 24.3 Å². The zero-order valence-electron chi connectivity index (χ0n) is 20.3. The molecule has 0 bridgehead atoms. The third kappa shape index (κ3) is 5.52.